The van der Waals surface area contributed by atoms with Gasteiger partial charge < -0.3 is 43.5 Å². The number of thioether (sulfide) groups is 1. The summed E-state index contributed by atoms with van der Waals surface area (Å²) < 4.78 is 59.1. The SMILES string of the molecule is [C-]#[N+]C(C)(CC)CC(CC(CC(SCc1ccc(/C=N/N2C(=O)c3ccccc3C23c2ccc(N(CC)CC)cc2Oc2cc(N(CC)CC)ccc23)cc1)C(=O)NC(C)(C)CS(=O)(=O)[O-])C(=O)OCCCC)C(=O)OCCOC.[Na+]. The van der Waals surface area contributed by atoms with Gasteiger partial charge in [-0.2, -0.15) is 5.10 Å². The Kier molecular flexibility index (Phi) is 24.3. The van der Waals surface area contributed by atoms with Gasteiger partial charge in [0.25, 0.3) is 5.91 Å². The van der Waals surface area contributed by atoms with E-state index in [-0.39, 0.29) is 80.3 Å². The molecule has 0 aliphatic carbocycles. The first-order valence-corrected chi connectivity index (χ1v) is 30.4. The molecule has 2 amide bonds. The summed E-state index contributed by atoms with van der Waals surface area (Å²) in [6, 6.07) is 27.4. The molecule has 2 aliphatic rings. The maximum absolute atomic E-state index is 14.9. The van der Waals surface area contributed by atoms with E-state index in [0.29, 0.717) is 35.5 Å². The minimum absolute atomic E-state index is 0. The van der Waals surface area contributed by atoms with Crippen molar-refractivity contribution in [2.75, 3.05) is 68.7 Å². The second-order valence-corrected chi connectivity index (χ2v) is 23.8. The van der Waals surface area contributed by atoms with Crippen LogP contribution < -0.4 is 49.4 Å². The summed E-state index contributed by atoms with van der Waals surface area (Å²) in [6.45, 7) is 28.2. The van der Waals surface area contributed by atoms with Crippen molar-refractivity contribution in [3.8, 4) is 11.5 Å². The Morgan fingerprint density at radius 1 is 0.827 bits per heavy atom. The fraction of sp³-hybridized carbons (Fsp3) is 0.508. The number of nitrogens with zero attached hydrogens (tertiary/aromatic N) is 5. The minimum atomic E-state index is -4.77. The van der Waals surface area contributed by atoms with Gasteiger partial charge >= 0.3 is 41.5 Å². The predicted octanol–water partition coefficient (Wildman–Crippen LogP) is 7.34. The van der Waals surface area contributed by atoms with Crippen molar-refractivity contribution >= 4 is 63.2 Å². The van der Waals surface area contributed by atoms with Crippen LogP contribution in [-0.4, -0.2) is 123 Å². The molecule has 0 saturated carbocycles. The summed E-state index contributed by atoms with van der Waals surface area (Å²) in [5, 5.41) is 8.34. The van der Waals surface area contributed by atoms with Crippen molar-refractivity contribution in [1.29, 1.82) is 0 Å². The van der Waals surface area contributed by atoms with Gasteiger partial charge in [0, 0.05) is 110 Å². The molecule has 0 saturated heterocycles. The van der Waals surface area contributed by atoms with Crippen LogP contribution in [0.1, 0.15) is 139 Å². The van der Waals surface area contributed by atoms with Crippen molar-refractivity contribution in [2.45, 2.75) is 128 Å². The average molecular weight is 1160 g/mol. The zero-order chi connectivity index (χ0) is 58.4. The summed E-state index contributed by atoms with van der Waals surface area (Å²) in [5.41, 5.74) is 2.64. The predicted molar refractivity (Wildman–Crippen MR) is 313 cm³/mol. The Balaban J connectivity index is 0.0000120. The molecule has 0 fully saturated rings. The molecule has 4 aromatic rings. The number of nitrogens with one attached hydrogen (secondary N) is 1. The summed E-state index contributed by atoms with van der Waals surface area (Å²) >= 11 is 1.20. The Bertz CT molecular complexity index is 2940. The van der Waals surface area contributed by atoms with E-state index in [1.807, 2.05) is 86.6 Å². The van der Waals surface area contributed by atoms with Crippen LogP contribution in [0.15, 0.2) is 90.0 Å². The molecule has 6 rings (SSSR count). The van der Waals surface area contributed by atoms with E-state index in [2.05, 4.69) is 59.8 Å². The van der Waals surface area contributed by atoms with Crippen molar-refractivity contribution < 1.29 is 80.7 Å². The molecule has 1 spiro atoms. The van der Waals surface area contributed by atoms with Gasteiger partial charge in [-0.15, -0.1) is 11.8 Å². The van der Waals surface area contributed by atoms with Crippen molar-refractivity contribution in [3.05, 3.63) is 130 Å². The molecule has 4 unspecified atom stereocenters. The number of amides is 2. The van der Waals surface area contributed by atoms with E-state index < -0.39 is 67.4 Å². The van der Waals surface area contributed by atoms with E-state index in [1.54, 1.807) is 18.1 Å². The molecule has 0 bridgehead atoms. The third-order valence-corrected chi connectivity index (χ3v) is 17.4. The Morgan fingerprint density at radius 3 is 1.95 bits per heavy atom. The fourth-order valence-electron chi connectivity index (χ4n) is 10.5. The molecule has 2 heterocycles. The van der Waals surface area contributed by atoms with Crippen molar-refractivity contribution in [1.82, 2.24) is 10.3 Å². The molecule has 0 aromatic heterocycles. The van der Waals surface area contributed by atoms with E-state index in [1.165, 1.54) is 32.7 Å². The topological polar surface area (TPSA) is 201 Å². The molecule has 4 atom stereocenters. The Morgan fingerprint density at radius 2 is 1.41 bits per heavy atom. The number of anilines is 2. The number of methoxy groups -OCH3 is 1. The Hall–Kier alpha value is -5.46. The van der Waals surface area contributed by atoms with Gasteiger partial charge in [0.05, 0.1) is 52.4 Å². The van der Waals surface area contributed by atoms with Gasteiger partial charge in [-0.05, 0) is 90.1 Å². The number of ether oxygens (including phenoxy) is 4. The summed E-state index contributed by atoms with van der Waals surface area (Å²) in [4.78, 5) is 65.5. The molecule has 81 heavy (non-hydrogen) atoms. The van der Waals surface area contributed by atoms with Gasteiger partial charge in [0.1, 0.15) is 23.6 Å². The molecule has 2 aliphatic heterocycles. The van der Waals surface area contributed by atoms with E-state index in [9.17, 15) is 32.1 Å². The third kappa shape index (κ3) is 16.2. The summed E-state index contributed by atoms with van der Waals surface area (Å²) in [6.07, 6.45) is 3.26. The van der Waals surface area contributed by atoms with Crippen LogP contribution in [0.4, 0.5) is 11.4 Å². The molecule has 20 heteroatoms. The quantitative estimate of drug-likeness (QED) is 0.0136. The van der Waals surface area contributed by atoms with Crippen molar-refractivity contribution in [2.24, 2.45) is 16.9 Å². The van der Waals surface area contributed by atoms with Crippen LogP contribution in [0.25, 0.3) is 4.85 Å². The molecule has 4 aromatic carbocycles. The third-order valence-electron chi connectivity index (χ3n) is 15.0. The number of unbranched alkanes of at least 4 members (excludes halogenated alkanes) is 1. The van der Waals surface area contributed by atoms with Gasteiger partial charge in [0.15, 0.2) is 0 Å². The number of benzene rings is 4. The first-order chi connectivity index (χ1) is 38.1. The monoisotopic (exact) mass is 1160 g/mol. The molecular weight excluding hydrogens is 1080 g/mol. The first kappa shape index (κ1) is 66.3. The maximum atomic E-state index is 14.9. The van der Waals surface area contributed by atoms with E-state index in [4.69, 9.17) is 30.6 Å². The zero-order valence-electron chi connectivity index (χ0n) is 49.0. The number of hydrogen-bond acceptors (Lipinski definition) is 15. The molecule has 17 nitrogen and oxygen atoms in total. The second kappa shape index (κ2) is 29.7. The average Bonchev–Trinajstić information content (AvgIpc) is 3.98. The van der Waals surface area contributed by atoms with E-state index in [0.717, 1.165) is 66.2 Å². The number of hydrogen-bond donors (Lipinski definition) is 1. The van der Waals surface area contributed by atoms with Crippen LogP contribution >= 0.6 is 11.8 Å². The molecular formula is C61H79N6NaO11S2. The minimum Gasteiger partial charge on any atom is -0.748 e. The number of hydrazone groups is 1. The zero-order valence-corrected chi connectivity index (χ0v) is 52.7. The van der Waals surface area contributed by atoms with Crippen LogP contribution in [0.3, 0.4) is 0 Å². The van der Waals surface area contributed by atoms with Gasteiger partial charge in [-0.1, -0.05) is 74.9 Å². The van der Waals surface area contributed by atoms with Gasteiger partial charge in [-0.25, -0.2) is 20.0 Å². The van der Waals surface area contributed by atoms with Crippen LogP contribution in [-0.2, 0) is 50.0 Å². The van der Waals surface area contributed by atoms with Gasteiger partial charge in [-0.3, -0.25) is 19.2 Å². The van der Waals surface area contributed by atoms with Crippen molar-refractivity contribution in [3.63, 3.8) is 0 Å². The standard InChI is InChI=1S/C61H80N6O11S2.Na/c1-12-18-31-76-57(70)44(34-45(38-60(9,13-2)62-10)58(71)77-33-32-75-11)35-54(55(68)64-59(7,8)41-80(72,73)74)79-40-43-25-23-42(24-26-43)39-63-67-56(69)48-21-19-20-22-49(48)61(67)50-29-27-46(65(14-3)15-4)36-52(50)78-53-37-47(28-30-51(53)61)66(16-5)17-6;/h19-30,36-37,39,44-45,54H,12-18,31-35,38,40-41H2,1-9,11H3,(H,64,68)(H,72,73,74);/q;+1/p-1/b63-39+;. The van der Waals surface area contributed by atoms with Crippen LogP contribution in [0, 0.1) is 18.4 Å². The van der Waals surface area contributed by atoms with E-state index >= 15 is 0 Å². The fourth-order valence-corrected chi connectivity index (χ4v) is 12.7. The second-order valence-electron chi connectivity index (χ2n) is 21.3. The summed E-state index contributed by atoms with van der Waals surface area (Å²) in [5.74, 6) is -3.49. The number of carbonyl (C=O) groups is 4. The van der Waals surface area contributed by atoms with Crippen LogP contribution in [0.2, 0.25) is 0 Å². The van der Waals surface area contributed by atoms with Gasteiger partial charge in [0.2, 0.25) is 11.4 Å². The molecule has 0 radical (unpaired) electrons. The smallest absolute Gasteiger partial charge is 0.748 e. The first-order valence-electron chi connectivity index (χ1n) is 27.8. The normalized spacial score (nSPS) is 15.2. The Labute approximate surface area is 506 Å². The molecule has 432 valence electrons. The number of esters is 2. The largest absolute Gasteiger partial charge is 1.00 e. The van der Waals surface area contributed by atoms with Crippen LogP contribution in [0.5, 0.6) is 11.5 Å². The maximum Gasteiger partial charge on any atom is 1.00 e. The molecule has 1 N–H and O–H groups in total. The number of fused-ring (bicyclic) bond motifs is 6. The number of rotatable bonds is 30. The summed E-state index contributed by atoms with van der Waals surface area (Å²) in [7, 11) is -3.29. The number of carbonyl (C=O) groups excluding carboxylic acids is 4.